The van der Waals surface area contributed by atoms with Crippen molar-refractivity contribution in [2.45, 2.75) is 6.42 Å². The lowest BCUT2D eigenvalue weighted by molar-refractivity contribution is 0.0384. The van der Waals surface area contributed by atoms with Gasteiger partial charge in [0.2, 0.25) is 5.95 Å². The number of hydrogen-bond donors (Lipinski definition) is 2. The molecule has 0 atom stereocenters. The lowest BCUT2D eigenvalue weighted by Gasteiger charge is -2.26. The number of anilines is 2. The van der Waals surface area contributed by atoms with E-state index >= 15 is 0 Å². The minimum Gasteiger partial charge on any atom is -0.477 e. The highest BCUT2D eigenvalue weighted by Crippen LogP contribution is 2.27. The standard InChI is InChI=1S/C21H22N4O3S/c26-20(27)19-5-4-18(29-19)17-6-8-22-21(24-17)23-16-3-1-2-15(14-16)7-9-25-10-12-28-13-11-25/h1-6,8,14H,7,9-13H2,(H,26,27)(H,22,23,24). The molecule has 1 saturated heterocycles. The fourth-order valence-electron chi connectivity index (χ4n) is 3.19. The number of aromatic nitrogens is 2. The summed E-state index contributed by atoms with van der Waals surface area (Å²) < 4.78 is 5.40. The van der Waals surface area contributed by atoms with Gasteiger partial charge in [0.15, 0.2) is 0 Å². The first-order valence-corrected chi connectivity index (χ1v) is 10.3. The van der Waals surface area contributed by atoms with Crippen LogP contribution in [-0.4, -0.2) is 58.8 Å². The predicted molar refractivity (Wildman–Crippen MR) is 113 cm³/mol. The quantitative estimate of drug-likeness (QED) is 0.616. The summed E-state index contributed by atoms with van der Waals surface area (Å²) in [6.45, 7) is 4.62. The lowest BCUT2D eigenvalue weighted by atomic mass is 10.1. The van der Waals surface area contributed by atoms with Crippen LogP contribution in [0.5, 0.6) is 0 Å². The van der Waals surface area contributed by atoms with Crippen molar-refractivity contribution < 1.29 is 14.6 Å². The van der Waals surface area contributed by atoms with E-state index in [0.717, 1.165) is 49.8 Å². The molecule has 29 heavy (non-hydrogen) atoms. The number of aromatic carboxylic acids is 1. The number of carboxylic acids is 1. The summed E-state index contributed by atoms with van der Waals surface area (Å²) in [4.78, 5) is 23.4. The van der Waals surface area contributed by atoms with E-state index in [1.165, 1.54) is 16.9 Å². The molecule has 2 aromatic heterocycles. The van der Waals surface area contributed by atoms with Gasteiger partial charge in [-0.05, 0) is 42.3 Å². The van der Waals surface area contributed by atoms with Gasteiger partial charge in [-0.25, -0.2) is 14.8 Å². The molecule has 150 valence electrons. The van der Waals surface area contributed by atoms with E-state index in [2.05, 4.69) is 32.3 Å². The van der Waals surface area contributed by atoms with Gasteiger partial charge in [-0.1, -0.05) is 12.1 Å². The van der Waals surface area contributed by atoms with Crippen LogP contribution in [0.1, 0.15) is 15.2 Å². The molecular formula is C21H22N4O3S. The summed E-state index contributed by atoms with van der Waals surface area (Å²) in [6, 6.07) is 13.4. The Morgan fingerprint density at radius 2 is 2.07 bits per heavy atom. The van der Waals surface area contributed by atoms with Gasteiger partial charge >= 0.3 is 5.97 Å². The van der Waals surface area contributed by atoms with E-state index in [0.29, 0.717) is 16.5 Å². The van der Waals surface area contributed by atoms with Crippen LogP contribution in [0.3, 0.4) is 0 Å². The number of carboxylic acid groups (broad SMARTS) is 1. The Morgan fingerprint density at radius 1 is 1.21 bits per heavy atom. The monoisotopic (exact) mass is 410 g/mol. The highest BCUT2D eigenvalue weighted by Gasteiger charge is 2.11. The predicted octanol–water partition coefficient (Wildman–Crippen LogP) is 3.52. The van der Waals surface area contributed by atoms with Gasteiger partial charge in [0.25, 0.3) is 0 Å². The first-order valence-electron chi connectivity index (χ1n) is 9.50. The molecule has 0 amide bonds. The van der Waals surface area contributed by atoms with Crippen LogP contribution in [-0.2, 0) is 11.2 Å². The van der Waals surface area contributed by atoms with Crippen LogP contribution >= 0.6 is 11.3 Å². The Hall–Kier alpha value is -2.81. The number of benzene rings is 1. The second-order valence-corrected chi connectivity index (χ2v) is 7.85. The largest absolute Gasteiger partial charge is 0.477 e. The van der Waals surface area contributed by atoms with Gasteiger partial charge in [0.1, 0.15) is 4.88 Å². The molecule has 2 N–H and O–H groups in total. The van der Waals surface area contributed by atoms with Crippen molar-refractivity contribution in [2.75, 3.05) is 38.2 Å². The SMILES string of the molecule is O=C(O)c1ccc(-c2ccnc(Nc3cccc(CCN4CCOCC4)c3)n2)s1. The topological polar surface area (TPSA) is 87.6 Å². The number of ether oxygens (including phenoxy) is 1. The van der Waals surface area contributed by atoms with Gasteiger partial charge in [-0.15, -0.1) is 11.3 Å². The van der Waals surface area contributed by atoms with Crippen molar-refractivity contribution in [3.05, 3.63) is 59.1 Å². The van der Waals surface area contributed by atoms with Crippen LogP contribution in [0.25, 0.3) is 10.6 Å². The van der Waals surface area contributed by atoms with Gasteiger partial charge in [-0.3, -0.25) is 4.90 Å². The average molecular weight is 410 g/mol. The van der Waals surface area contributed by atoms with Crippen LogP contribution in [0.15, 0.2) is 48.7 Å². The lowest BCUT2D eigenvalue weighted by Crippen LogP contribution is -2.37. The molecule has 0 bridgehead atoms. The number of hydrogen-bond acceptors (Lipinski definition) is 7. The number of nitrogens with one attached hydrogen (secondary N) is 1. The van der Waals surface area contributed by atoms with E-state index in [9.17, 15) is 4.79 Å². The van der Waals surface area contributed by atoms with Gasteiger partial charge < -0.3 is 15.2 Å². The van der Waals surface area contributed by atoms with Crippen LogP contribution in [0, 0.1) is 0 Å². The normalized spacial score (nSPS) is 14.6. The Balaban J connectivity index is 1.43. The minimum absolute atomic E-state index is 0.293. The van der Waals surface area contributed by atoms with Crippen molar-refractivity contribution in [3.63, 3.8) is 0 Å². The number of thiophene rings is 1. The summed E-state index contributed by atoms with van der Waals surface area (Å²) in [5, 5.41) is 12.4. The van der Waals surface area contributed by atoms with Crippen molar-refractivity contribution >= 4 is 28.9 Å². The number of carbonyl (C=O) groups is 1. The third kappa shape index (κ3) is 5.17. The zero-order valence-electron chi connectivity index (χ0n) is 15.9. The van der Waals surface area contributed by atoms with Gasteiger partial charge in [0, 0.05) is 31.5 Å². The minimum atomic E-state index is -0.928. The zero-order valence-corrected chi connectivity index (χ0v) is 16.7. The Labute approximate surface area is 173 Å². The molecule has 0 saturated carbocycles. The molecule has 0 aliphatic carbocycles. The molecular weight excluding hydrogens is 388 g/mol. The maximum absolute atomic E-state index is 11.1. The molecule has 1 aliphatic rings. The van der Waals surface area contributed by atoms with E-state index in [1.807, 2.05) is 12.1 Å². The van der Waals surface area contributed by atoms with E-state index in [-0.39, 0.29) is 0 Å². The highest BCUT2D eigenvalue weighted by molar-refractivity contribution is 7.17. The van der Waals surface area contributed by atoms with Gasteiger partial charge in [-0.2, -0.15) is 0 Å². The summed E-state index contributed by atoms with van der Waals surface area (Å²) in [5.41, 5.74) is 2.88. The molecule has 3 heterocycles. The first-order chi connectivity index (χ1) is 14.2. The zero-order chi connectivity index (χ0) is 20.1. The second-order valence-electron chi connectivity index (χ2n) is 6.76. The molecule has 0 radical (unpaired) electrons. The third-order valence-electron chi connectivity index (χ3n) is 4.73. The fraction of sp³-hybridized carbons (Fsp3) is 0.286. The molecule has 0 spiro atoms. The average Bonchev–Trinajstić information content (AvgIpc) is 3.24. The van der Waals surface area contributed by atoms with Crippen molar-refractivity contribution in [1.29, 1.82) is 0 Å². The second kappa shape index (κ2) is 9.13. The summed E-state index contributed by atoms with van der Waals surface area (Å²) >= 11 is 1.20. The molecule has 0 unspecified atom stereocenters. The maximum atomic E-state index is 11.1. The smallest absolute Gasteiger partial charge is 0.345 e. The van der Waals surface area contributed by atoms with Crippen LogP contribution in [0.4, 0.5) is 11.6 Å². The fourth-order valence-corrected chi connectivity index (χ4v) is 4.01. The Kier molecular flexibility index (Phi) is 6.14. The summed E-state index contributed by atoms with van der Waals surface area (Å²) in [7, 11) is 0. The molecule has 7 nitrogen and oxygen atoms in total. The third-order valence-corrected chi connectivity index (χ3v) is 5.82. The van der Waals surface area contributed by atoms with Crippen LogP contribution < -0.4 is 5.32 Å². The molecule has 1 fully saturated rings. The summed E-state index contributed by atoms with van der Waals surface area (Å²) in [6.07, 6.45) is 2.65. The Bertz CT molecular complexity index is 985. The highest BCUT2D eigenvalue weighted by atomic mass is 32.1. The molecule has 4 rings (SSSR count). The van der Waals surface area contributed by atoms with E-state index in [4.69, 9.17) is 9.84 Å². The molecule has 1 aromatic carbocycles. The van der Waals surface area contributed by atoms with E-state index in [1.54, 1.807) is 24.4 Å². The first kappa shape index (κ1) is 19.5. The maximum Gasteiger partial charge on any atom is 0.345 e. The van der Waals surface area contributed by atoms with Crippen molar-refractivity contribution in [3.8, 4) is 10.6 Å². The van der Waals surface area contributed by atoms with Gasteiger partial charge in [0.05, 0.1) is 23.8 Å². The molecule has 3 aromatic rings. The molecule has 8 heteroatoms. The number of rotatable bonds is 7. The Morgan fingerprint density at radius 3 is 2.86 bits per heavy atom. The summed E-state index contributed by atoms with van der Waals surface area (Å²) in [5.74, 6) is -0.444. The van der Waals surface area contributed by atoms with Crippen molar-refractivity contribution in [1.82, 2.24) is 14.9 Å². The number of morpholine rings is 1. The van der Waals surface area contributed by atoms with E-state index < -0.39 is 5.97 Å². The van der Waals surface area contributed by atoms with Crippen LogP contribution in [0.2, 0.25) is 0 Å². The number of nitrogens with zero attached hydrogens (tertiary/aromatic N) is 3. The van der Waals surface area contributed by atoms with Crippen molar-refractivity contribution in [2.24, 2.45) is 0 Å². The molecule has 1 aliphatic heterocycles.